The molecule has 2 heterocycles. The second kappa shape index (κ2) is 8.84. The minimum absolute atomic E-state index is 0.316. The Morgan fingerprint density at radius 2 is 1.83 bits per heavy atom. The van der Waals surface area contributed by atoms with Gasteiger partial charge in [0.15, 0.2) is 0 Å². The van der Waals surface area contributed by atoms with E-state index in [9.17, 15) is 5.11 Å². The lowest BCUT2D eigenvalue weighted by molar-refractivity contribution is 0.120. The van der Waals surface area contributed by atoms with E-state index < -0.39 is 0 Å². The molecule has 1 aromatic carbocycles. The number of hydrogen-bond donors (Lipinski definition) is 1. The molecule has 0 aromatic heterocycles. The van der Waals surface area contributed by atoms with Crippen LogP contribution in [0.5, 0.6) is 5.75 Å². The first kappa shape index (κ1) is 17.7. The maximum absolute atomic E-state index is 9.51. The first-order valence-corrected chi connectivity index (χ1v) is 9.55. The zero-order chi connectivity index (χ0) is 16.8. The van der Waals surface area contributed by atoms with Crippen molar-refractivity contribution in [2.75, 3.05) is 39.4 Å². The Kier molecular flexibility index (Phi) is 6.52. The molecule has 1 aromatic rings. The van der Waals surface area contributed by atoms with Crippen LogP contribution in [-0.2, 0) is 0 Å². The van der Waals surface area contributed by atoms with Crippen LogP contribution >= 0.6 is 0 Å². The van der Waals surface area contributed by atoms with Gasteiger partial charge in [-0.2, -0.15) is 0 Å². The van der Waals surface area contributed by atoms with Crippen molar-refractivity contribution in [1.82, 2.24) is 9.80 Å². The van der Waals surface area contributed by atoms with E-state index in [1.807, 2.05) is 6.07 Å². The van der Waals surface area contributed by atoms with E-state index in [1.165, 1.54) is 31.4 Å². The maximum atomic E-state index is 9.51. The zero-order valence-corrected chi connectivity index (χ0v) is 15.0. The molecule has 4 heteroatoms. The molecule has 24 heavy (non-hydrogen) atoms. The largest absolute Gasteiger partial charge is 0.493 e. The molecule has 134 valence electrons. The van der Waals surface area contributed by atoms with Crippen LogP contribution in [0.1, 0.15) is 37.7 Å². The molecular weight excluding hydrogens is 300 g/mol. The fourth-order valence-electron chi connectivity index (χ4n) is 4.18. The first-order valence-electron chi connectivity index (χ1n) is 9.55. The number of ether oxygens (including phenoxy) is 1. The highest BCUT2D eigenvalue weighted by molar-refractivity contribution is 5.31. The number of likely N-dealkylation sites (tertiary alicyclic amines) is 2. The molecule has 2 aliphatic heterocycles. The summed E-state index contributed by atoms with van der Waals surface area (Å²) in [5, 5.41) is 9.51. The van der Waals surface area contributed by atoms with E-state index in [-0.39, 0.29) is 0 Å². The molecule has 2 aliphatic rings. The molecule has 3 rings (SSSR count). The minimum atomic E-state index is 0.316. The van der Waals surface area contributed by atoms with Gasteiger partial charge in [0.25, 0.3) is 0 Å². The SMILES string of the molecule is Cc1ccccc1OCCCN1CCC[C@@H]1CN1CCC[C@@H]1CO. The van der Waals surface area contributed by atoms with Gasteiger partial charge in [-0.05, 0) is 63.7 Å². The highest BCUT2D eigenvalue weighted by atomic mass is 16.5. The van der Waals surface area contributed by atoms with Crippen LogP contribution in [0.15, 0.2) is 24.3 Å². The van der Waals surface area contributed by atoms with Crippen molar-refractivity contribution in [3.8, 4) is 5.75 Å². The van der Waals surface area contributed by atoms with Crippen LogP contribution in [0, 0.1) is 6.92 Å². The van der Waals surface area contributed by atoms with Gasteiger partial charge in [0.2, 0.25) is 0 Å². The predicted octanol–water partition coefficient (Wildman–Crippen LogP) is 2.69. The Morgan fingerprint density at radius 1 is 1.08 bits per heavy atom. The molecular formula is C20H32N2O2. The van der Waals surface area contributed by atoms with E-state index in [2.05, 4.69) is 34.9 Å². The predicted molar refractivity (Wildman–Crippen MR) is 97.6 cm³/mol. The molecule has 0 radical (unpaired) electrons. The van der Waals surface area contributed by atoms with Crippen molar-refractivity contribution in [2.45, 2.75) is 51.1 Å². The Labute approximate surface area is 146 Å². The molecule has 2 fully saturated rings. The summed E-state index contributed by atoms with van der Waals surface area (Å²) in [7, 11) is 0. The summed E-state index contributed by atoms with van der Waals surface area (Å²) in [5.41, 5.74) is 1.21. The van der Waals surface area contributed by atoms with Crippen LogP contribution in [0.4, 0.5) is 0 Å². The highest BCUT2D eigenvalue weighted by Gasteiger charge is 2.30. The van der Waals surface area contributed by atoms with Crippen LogP contribution in [0.2, 0.25) is 0 Å². The number of nitrogens with zero attached hydrogens (tertiary/aromatic N) is 2. The quantitative estimate of drug-likeness (QED) is 0.743. The van der Waals surface area contributed by atoms with Crippen molar-refractivity contribution >= 4 is 0 Å². The standard InChI is InChI=1S/C20H32N2O2/c1-17-7-2-3-10-20(17)24-14-6-13-21-11-4-8-18(21)15-22-12-5-9-19(22)16-23/h2-3,7,10,18-19,23H,4-6,8-9,11-16H2,1H3/t18-,19-/m1/s1. The lowest BCUT2D eigenvalue weighted by Gasteiger charge is -2.31. The van der Waals surface area contributed by atoms with Crippen molar-refractivity contribution in [2.24, 2.45) is 0 Å². The second-order valence-electron chi connectivity index (χ2n) is 7.27. The van der Waals surface area contributed by atoms with Crippen molar-refractivity contribution in [1.29, 1.82) is 0 Å². The summed E-state index contributed by atoms with van der Waals surface area (Å²) in [5.74, 6) is 1.01. The molecule has 0 amide bonds. The molecule has 0 aliphatic carbocycles. The third kappa shape index (κ3) is 4.50. The molecule has 0 saturated carbocycles. The average molecular weight is 332 g/mol. The normalized spacial score (nSPS) is 25.4. The first-order chi connectivity index (χ1) is 11.8. The van der Waals surface area contributed by atoms with Crippen LogP contribution in [0.25, 0.3) is 0 Å². The monoisotopic (exact) mass is 332 g/mol. The van der Waals surface area contributed by atoms with Crippen molar-refractivity contribution in [3.05, 3.63) is 29.8 Å². The van der Waals surface area contributed by atoms with E-state index >= 15 is 0 Å². The van der Waals surface area contributed by atoms with E-state index in [4.69, 9.17) is 4.74 Å². The second-order valence-corrected chi connectivity index (χ2v) is 7.27. The van der Waals surface area contributed by atoms with Crippen LogP contribution in [0.3, 0.4) is 0 Å². The summed E-state index contributed by atoms with van der Waals surface area (Å²) < 4.78 is 5.93. The topological polar surface area (TPSA) is 35.9 Å². The lowest BCUT2D eigenvalue weighted by atomic mass is 10.2. The van der Waals surface area contributed by atoms with Crippen LogP contribution in [-0.4, -0.2) is 66.4 Å². The highest BCUT2D eigenvalue weighted by Crippen LogP contribution is 2.23. The molecule has 0 bridgehead atoms. The van der Waals surface area contributed by atoms with Crippen molar-refractivity contribution in [3.63, 3.8) is 0 Å². The third-order valence-corrected chi connectivity index (χ3v) is 5.59. The van der Waals surface area contributed by atoms with Gasteiger partial charge in [-0.15, -0.1) is 0 Å². The number of aliphatic hydroxyl groups is 1. The number of aryl methyl sites for hydroxylation is 1. The molecule has 4 nitrogen and oxygen atoms in total. The lowest BCUT2D eigenvalue weighted by Crippen LogP contribution is -2.43. The Balaban J connectivity index is 1.40. The van der Waals surface area contributed by atoms with Gasteiger partial charge in [0.1, 0.15) is 5.75 Å². The molecule has 0 unspecified atom stereocenters. The summed E-state index contributed by atoms with van der Waals surface area (Å²) >= 11 is 0. The number of benzene rings is 1. The average Bonchev–Trinajstić information content (AvgIpc) is 3.23. The van der Waals surface area contributed by atoms with Gasteiger partial charge in [0, 0.05) is 25.2 Å². The molecule has 0 spiro atoms. The minimum Gasteiger partial charge on any atom is -0.493 e. The van der Waals surface area contributed by atoms with Gasteiger partial charge < -0.3 is 9.84 Å². The summed E-state index contributed by atoms with van der Waals surface area (Å²) in [6.45, 7) is 7.82. The summed E-state index contributed by atoms with van der Waals surface area (Å²) in [6.07, 6.45) is 6.08. The zero-order valence-electron chi connectivity index (χ0n) is 15.0. The van der Waals surface area contributed by atoms with Gasteiger partial charge in [-0.25, -0.2) is 0 Å². The Morgan fingerprint density at radius 3 is 2.62 bits per heavy atom. The summed E-state index contributed by atoms with van der Waals surface area (Å²) in [6, 6.07) is 9.30. The molecule has 1 N–H and O–H groups in total. The number of rotatable bonds is 8. The Bertz CT molecular complexity index is 508. The molecule has 2 saturated heterocycles. The van der Waals surface area contributed by atoms with E-state index in [1.54, 1.807) is 0 Å². The van der Waals surface area contributed by atoms with Gasteiger partial charge in [0.05, 0.1) is 13.2 Å². The molecule has 2 atom stereocenters. The van der Waals surface area contributed by atoms with Crippen LogP contribution < -0.4 is 4.74 Å². The number of aliphatic hydroxyl groups excluding tert-OH is 1. The Hall–Kier alpha value is -1.10. The summed E-state index contributed by atoms with van der Waals surface area (Å²) in [4.78, 5) is 5.14. The van der Waals surface area contributed by atoms with E-state index in [0.29, 0.717) is 18.7 Å². The smallest absolute Gasteiger partial charge is 0.122 e. The van der Waals surface area contributed by atoms with Gasteiger partial charge >= 0.3 is 0 Å². The maximum Gasteiger partial charge on any atom is 0.122 e. The van der Waals surface area contributed by atoms with Gasteiger partial charge in [-0.3, -0.25) is 9.80 Å². The number of para-hydroxylation sites is 1. The number of hydrogen-bond acceptors (Lipinski definition) is 4. The van der Waals surface area contributed by atoms with Crippen molar-refractivity contribution < 1.29 is 9.84 Å². The van der Waals surface area contributed by atoms with E-state index in [0.717, 1.165) is 44.8 Å². The van der Waals surface area contributed by atoms with Gasteiger partial charge in [-0.1, -0.05) is 18.2 Å². The fourth-order valence-corrected chi connectivity index (χ4v) is 4.18. The third-order valence-electron chi connectivity index (χ3n) is 5.59. The fraction of sp³-hybridized carbons (Fsp3) is 0.700.